The minimum Gasteiger partial charge on any atom is -0.507 e. The molecule has 0 spiro atoms. The molecule has 1 N–H and O–H groups in total. The van der Waals surface area contributed by atoms with Gasteiger partial charge in [-0.2, -0.15) is 11.8 Å². The van der Waals surface area contributed by atoms with Crippen LogP contribution < -0.4 is 0 Å². The summed E-state index contributed by atoms with van der Waals surface area (Å²) in [6.07, 6.45) is 18.3. The van der Waals surface area contributed by atoms with Crippen molar-refractivity contribution >= 4 is 23.5 Å². The topological polar surface area (TPSA) is 63.6 Å². The van der Waals surface area contributed by atoms with Gasteiger partial charge in [-0.05, 0) is 56.4 Å². The number of rotatable bonds is 19. The van der Waals surface area contributed by atoms with E-state index >= 15 is 0 Å². The predicted molar refractivity (Wildman–Crippen MR) is 131 cm³/mol. The molecule has 31 heavy (non-hydrogen) atoms. The number of ketones is 1. The third kappa shape index (κ3) is 14.8. The average Bonchev–Trinajstić information content (AvgIpc) is 2.77. The summed E-state index contributed by atoms with van der Waals surface area (Å²) in [5.74, 6) is 1.11. The highest BCUT2D eigenvalue weighted by molar-refractivity contribution is 7.99. The SMILES string of the molecule is CCCCCCC/C=C\CCCCCSCC(=O)CCCOC(=O)c1ccccc1O. The fraction of sp³-hybridized carbons (Fsp3) is 0.615. The largest absolute Gasteiger partial charge is 0.507 e. The Labute approximate surface area is 192 Å². The molecule has 1 rings (SSSR count). The van der Waals surface area contributed by atoms with Crippen LogP contribution in [0.15, 0.2) is 36.4 Å². The lowest BCUT2D eigenvalue weighted by atomic mass is 10.1. The van der Waals surface area contributed by atoms with Crippen LogP contribution in [0.3, 0.4) is 0 Å². The Hall–Kier alpha value is -1.75. The van der Waals surface area contributed by atoms with Gasteiger partial charge in [-0.1, -0.05) is 63.3 Å². The molecule has 0 unspecified atom stereocenters. The molecule has 0 aliphatic carbocycles. The van der Waals surface area contributed by atoms with Gasteiger partial charge >= 0.3 is 5.97 Å². The first-order valence-electron chi connectivity index (χ1n) is 11.8. The Balaban J connectivity index is 1.89. The van der Waals surface area contributed by atoms with E-state index in [0.717, 1.165) is 18.6 Å². The van der Waals surface area contributed by atoms with E-state index in [2.05, 4.69) is 19.1 Å². The summed E-state index contributed by atoms with van der Waals surface area (Å²) in [5.41, 5.74) is 0.155. The highest BCUT2D eigenvalue weighted by Crippen LogP contribution is 2.17. The van der Waals surface area contributed by atoms with Gasteiger partial charge in [0.25, 0.3) is 0 Å². The number of ether oxygens (including phenoxy) is 1. The van der Waals surface area contributed by atoms with Gasteiger partial charge in [0.2, 0.25) is 0 Å². The van der Waals surface area contributed by atoms with E-state index in [1.165, 1.54) is 63.5 Å². The van der Waals surface area contributed by atoms with Gasteiger partial charge in [0.1, 0.15) is 17.1 Å². The molecule has 0 radical (unpaired) electrons. The van der Waals surface area contributed by atoms with E-state index in [0.29, 0.717) is 18.6 Å². The summed E-state index contributed by atoms with van der Waals surface area (Å²) in [4.78, 5) is 23.8. The van der Waals surface area contributed by atoms with Gasteiger partial charge in [-0.15, -0.1) is 0 Å². The molecule has 0 amide bonds. The van der Waals surface area contributed by atoms with Crippen LogP contribution in [0.5, 0.6) is 5.75 Å². The maximum atomic E-state index is 11.9. The summed E-state index contributed by atoms with van der Waals surface area (Å²) >= 11 is 1.70. The van der Waals surface area contributed by atoms with Gasteiger partial charge in [0.15, 0.2) is 0 Å². The molecule has 0 aliphatic heterocycles. The molecule has 174 valence electrons. The number of esters is 1. The number of unbranched alkanes of at least 4 members (excludes halogenated alkanes) is 8. The predicted octanol–water partition coefficient (Wildman–Crippen LogP) is 7.11. The third-order valence-corrected chi connectivity index (χ3v) is 6.12. The number of hydrogen-bond acceptors (Lipinski definition) is 5. The van der Waals surface area contributed by atoms with Crippen molar-refractivity contribution < 1.29 is 19.4 Å². The second-order valence-corrected chi connectivity index (χ2v) is 8.98. The smallest absolute Gasteiger partial charge is 0.341 e. The van der Waals surface area contributed by atoms with Gasteiger partial charge in [0, 0.05) is 6.42 Å². The fourth-order valence-corrected chi connectivity index (χ4v) is 4.09. The molecule has 0 aliphatic rings. The molecule has 0 fully saturated rings. The van der Waals surface area contributed by atoms with Crippen molar-refractivity contribution in [3.8, 4) is 5.75 Å². The van der Waals surface area contributed by atoms with Crippen LogP contribution in [0.1, 0.15) is 94.3 Å². The zero-order chi connectivity index (χ0) is 22.6. The number of benzene rings is 1. The average molecular weight is 449 g/mol. The monoisotopic (exact) mass is 448 g/mol. The molecule has 0 saturated heterocycles. The van der Waals surface area contributed by atoms with Crippen molar-refractivity contribution in [3.05, 3.63) is 42.0 Å². The molecule has 5 heteroatoms. The van der Waals surface area contributed by atoms with E-state index in [1.54, 1.807) is 23.9 Å². The van der Waals surface area contributed by atoms with Crippen molar-refractivity contribution in [2.24, 2.45) is 0 Å². The van der Waals surface area contributed by atoms with E-state index in [4.69, 9.17) is 4.74 Å². The Morgan fingerprint density at radius 3 is 2.32 bits per heavy atom. The van der Waals surface area contributed by atoms with Crippen molar-refractivity contribution in [2.45, 2.75) is 84.0 Å². The molecule has 1 aromatic carbocycles. The number of aromatic hydroxyl groups is 1. The standard InChI is InChI=1S/C26H40O4S/c1-2-3-4-5-6-7-8-9-10-11-12-15-21-31-22-23(27)17-16-20-30-26(29)24-18-13-14-19-25(24)28/h8-9,13-14,18-19,28H,2-7,10-12,15-17,20-22H2,1H3/b9-8-. The van der Waals surface area contributed by atoms with Gasteiger partial charge in [-0.25, -0.2) is 4.79 Å². The molecular weight excluding hydrogens is 408 g/mol. The van der Waals surface area contributed by atoms with Crippen LogP contribution in [0.2, 0.25) is 0 Å². The summed E-state index contributed by atoms with van der Waals surface area (Å²) in [5, 5.41) is 9.62. The van der Waals surface area contributed by atoms with E-state index in [-0.39, 0.29) is 23.7 Å². The second kappa shape index (κ2) is 19.0. The van der Waals surface area contributed by atoms with E-state index in [1.807, 2.05) is 0 Å². The number of thioether (sulfide) groups is 1. The fourth-order valence-electron chi connectivity index (χ4n) is 3.16. The van der Waals surface area contributed by atoms with Gasteiger partial charge in [0.05, 0.1) is 12.4 Å². The lowest BCUT2D eigenvalue weighted by molar-refractivity contribution is -0.116. The second-order valence-electron chi connectivity index (χ2n) is 7.87. The minimum absolute atomic E-state index is 0.0891. The maximum Gasteiger partial charge on any atom is 0.341 e. The highest BCUT2D eigenvalue weighted by Gasteiger charge is 2.11. The number of carbonyl (C=O) groups is 2. The number of para-hydroxylation sites is 1. The zero-order valence-corrected chi connectivity index (χ0v) is 20.0. The van der Waals surface area contributed by atoms with Crippen LogP contribution >= 0.6 is 11.8 Å². The quantitative estimate of drug-likeness (QED) is 0.139. The van der Waals surface area contributed by atoms with Gasteiger partial charge < -0.3 is 9.84 Å². The molecule has 0 saturated carbocycles. The third-order valence-electron chi connectivity index (χ3n) is 5.02. The first kappa shape index (κ1) is 27.3. The van der Waals surface area contributed by atoms with Crippen molar-refractivity contribution in [1.82, 2.24) is 0 Å². The number of allylic oxidation sites excluding steroid dienone is 2. The lowest BCUT2D eigenvalue weighted by Crippen LogP contribution is -2.09. The maximum absolute atomic E-state index is 11.9. The zero-order valence-electron chi connectivity index (χ0n) is 19.2. The molecule has 1 aromatic rings. The number of hydrogen-bond donors (Lipinski definition) is 1. The highest BCUT2D eigenvalue weighted by atomic mass is 32.2. The Bertz CT molecular complexity index is 642. The molecule has 0 aromatic heterocycles. The van der Waals surface area contributed by atoms with Crippen molar-refractivity contribution in [3.63, 3.8) is 0 Å². The normalized spacial score (nSPS) is 11.1. The molecular formula is C26H40O4S. The minimum atomic E-state index is -0.554. The summed E-state index contributed by atoms with van der Waals surface area (Å²) < 4.78 is 5.12. The Morgan fingerprint density at radius 2 is 1.61 bits per heavy atom. The lowest BCUT2D eigenvalue weighted by Gasteiger charge is -2.06. The van der Waals surface area contributed by atoms with Crippen LogP contribution in [0.25, 0.3) is 0 Å². The number of Topliss-reactive ketones (excluding diaryl/α,β-unsaturated/α-hetero) is 1. The number of phenols is 1. The first-order valence-corrected chi connectivity index (χ1v) is 13.0. The summed E-state index contributed by atoms with van der Waals surface area (Å²) in [7, 11) is 0. The van der Waals surface area contributed by atoms with Gasteiger partial charge in [-0.3, -0.25) is 4.79 Å². The first-order chi connectivity index (χ1) is 15.1. The Kier molecular flexibility index (Phi) is 16.7. The summed E-state index contributed by atoms with van der Waals surface area (Å²) in [6, 6.07) is 6.29. The van der Waals surface area contributed by atoms with Crippen LogP contribution in [-0.2, 0) is 9.53 Å². The Morgan fingerprint density at radius 1 is 0.935 bits per heavy atom. The van der Waals surface area contributed by atoms with Crippen molar-refractivity contribution in [1.29, 1.82) is 0 Å². The van der Waals surface area contributed by atoms with E-state index in [9.17, 15) is 14.7 Å². The number of phenolic OH excluding ortho intramolecular Hbond substituents is 1. The molecule has 0 atom stereocenters. The summed E-state index contributed by atoms with van der Waals surface area (Å²) in [6.45, 7) is 2.44. The molecule has 0 heterocycles. The van der Waals surface area contributed by atoms with E-state index < -0.39 is 5.97 Å². The molecule has 0 bridgehead atoms. The van der Waals surface area contributed by atoms with Crippen LogP contribution in [-0.4, -0.2) is 35.0 Å². The van der Waals surface area contributed by atoms with Crippen molar-refractivity contribution in [2.75, 3.05) is 18.1 Å². The number of carbonyl (C=O) groups excluding carboxylic acids is 2. The molecule has 4 nitrogen and oxygen atoms in total. The van der Waals surface area contributed by atoms with Crippen LogP contribution in [0, 0.1) is 0 Å². The van der Waals surface area contributed by atoms with Crippen LogP contribution in [0.4, 0.5) is 0 Å².